The van der Waals surface area contributed by atoms with Crippen LogP contribution in [0, 0.1) is 11.3 Å². The Kier molecular flexibility index (Phi) is 4.62. The molecule has 2 fully saturated rings. The predicted octanol–water partition coefficient (Wildman–Crippen LogP) is 1.31. The number of piperidine rings is 1. The van der Waals surface area contributed by atoms with Crippen molar-refractivity contribution in [3.63, 3.8) is 0 Å². The number of rotatable bonds is 4. The molecule has 0 aromatic heterocycles. The Bertz CT molecular complexity index is 288. The number of amides is 1. The summed E-state index contributed by atoms with van der Waals surface area (Å²) in [5.41, 5.74) is -0.223. The van der Waals surface area contributed by atoms with Crippen LogP contribution in [-0.4, -0.2) is 38.3 Å². The highest BCUT2D eigenvalue weighted by atomic mass is 16.5. The molecule has 0 aliphatic carbocycles. The lowest BCUT2D eigenvalue weighted by Gasteiger charge is -2.33. The fourth-order valence-electron chi connectivity index (χ4n) is 3.06. The van der Waals surface area contributed by atoms with Crippen molar-refractivity contribution in [3.05, 3.63) is 0 Å². The van der Waals surface area contributed by atoms with Crippen LogP contribution in [0.2, 0.25) is 0 Å². The molecule has 0 aromatic carbocycles. The molecule has 2 aliphatic heterocycles. The van der Waals surface area contributed by atoms with Crippen molar-refractivity contribution in [1.29, 1.82) is 0 Å². The summed E-state index contributed by atoms with van der Waals surface area (Å²) >= 11 is 0. The Morgan fingerprint density at radius 2 is 2.39 bits per heavy atom. The topological polar surface area (TPSA) is 50.4 Å². The number of ether oxygens (including phenoxy) is 1. The van der Waals surface area contributed by atoms with Gasteiger partial charge < -0.3 is 15.4 Å². The zero-order valence-corrected chi connectivity index (χ0v) is 11.6. The van der Waals surface area contributed by atoms with Crippen molar-refractivity contribution < 1.29 is 9.53 Å². The fraction of sp³-hybridized carbons (Fsp3) is 0.929. The van der Waals surface area contributed by atoms with Gasteiger partial charge in [-0.05, 0) is 39.2 Å². The van der Waals surface area contributed by atoms with E-state index in [0.29, 0.717) is 12.0 Å². The average Bonchev–Trinajstić information content (AvgIpc) is 2.84. The lowest BCUT2D eigenvalue weighted by molar-refractivity contribution is -0.131. The first kappa shape index (κ1) is 13.8. The molecule has 2 heterocycles. The van der Waals surface area contributed by atoms with Crippen LogP contribution < -0.4 is 10.6 Å². The summed E-state index contributed by atoms with van der Waals surface area (Å²) in [5.74, 6) is 0.704. The van der Waals surface area contributed by atoms with Crippen LogP contribution in [0.15, 0.2) is 0 Å². The monoisotopic (exact) mass is 254 g/mol. The number of hydrogen-bond donors (Lipinski definition) is 2. The van der Waals surface area contributed by atoms with Crippen molar-refractivity contribution in [2.45, 2.75) is 45.6 Å². The molecule has 0 aromatic rings. The third-order valence-electron chi connectivity index (χ3n) is 4.42. The highest BCUT2D eigenvalue weighted by Gasteiger charge is 2.35. The maximum absolute atomic E-state index is 12.3. The first-order chi connectivity index (χ1) is 8.65. The van der Waals surface area contributed by atoms with Gasteiger partial charge in [0.2, 0.25) is 5.91 Å². The number of nitrogens with one attached hydrogen (secondary N) is 2. The Balaban J connectivity index is 1.80. The number of carbonyl (C=O) groups excluding carboxylic acids is 1. The van der Waals surface area contributed by atoms with Crippen molar-refractivity contribution in [2.24, 2.45) is 11.3 Å². The SMILES string of the molecule is CCC1OCCC1CNC(=O)C1(C)CCCNC1. The van der Waals surface area contributed by atoms with Crippen LogP contribution in [0.5, 0.6) is 0 Å². The Morgan fingerprint density at radius 3 is 3.06 bits per heavy atom. The van der Waals surface area contributed by atoms with Crippen LogP contribution >= 0.6 is 0 Å². The van der Waals surface area contributed by atoms with Gasteiger partial charge >= 0.3 is 0 Å². The summed E-state index contributed by atoms with van der Waals surface area (Å²) in [4.78, 5) is 12.3. The van der Waals surface area contributed by atoms with Gasteiger partial charge in [0.05, 0.1) is 11.5 Å². The Hall–Kier alpha value is -0.610. The zero-order chi connectivity index (χ0) is 13.0. The van der Waals surface area contributed by atoms with E-state index in [-0.39, 0.29) is 11.3 Å². The van der Waals surface area contributed by atoms with Gasteiger partial charge in [0.25, 0.3) is 0 Å². The highest BCUT2D eigenvalue weighted by molar-refractivity contribution is 5.82. The minimum Gasteiger partial charge on any atom is -0.378 e. The van der Waals surface area contributed by atoms with E-state index in [4.69, 9.17) is 4.74 Å². The summed E-state index contributed by atoms with van der Waals surface area (Å²) in [5, 5.41) is 6.46. The molecule has 2 aliphatic rings. The first-order valence-corrected chi connectivity index (χ1v) is 7.26. The molecule has 2 rings (SSSR count). The first-order valence-electron chi connectivity index (χ1n) is 7.26. The second-order valence-corrected chi connectivity index (χ2v) is 5.92. The summed E-state index contributed by atoms with van der Waals surface area (Å²) in [6.07, 6.45) is 4.54. The minimum absolute atomic E-state index is 0.205. The molecule has 18 heavy (non-hydrogen) atoms. The molecular weight excluding hydrogens is 228 g/mol. The van der Waals surface area contributed by atoms with E-state index in [9.17, 15) is 4.79 Å². The normalized spacial score (nSPS) is 36.6. The summed E-state index contributed by atoms with van der Waals surface area (Å²) in [7, 11) is 0. The molecule has 2 saturated heterocycles. The molecule has 104 valence electrons. The van der Waals surface area contributed by atoms with Crippen LogP contribution in [0.25, 0.3) is 0 Å². The van der Waals surface area contributed by atoms with Gasteiger partial charge in [-0.3, -0.25) is 4.79 Å². The van der Waals surface area contributed by atoms with Crippen LogP contribution in [0.1, 0.15) is 39.5 Å². The molecule has 3 unspecified atom stereocenters. The molecule has 0 bridgehead atoms. The molecule has 3 atom stereocenters. The Morgan fingerprint density at radius 1 is 1.56 bits per heavy atom. The second-order valence-electron chi connectivity index (χ2n) is 5.92. The van der Waals surface area contributed by atoms with Gasteiger partial charge in [0.15, 0.2) is 0 Å². The predicted molar refractivity (Wildman–Crippen MR) is 71.4 cm³/mol. The zero-order valence-electron chi connectivity index (χ0n) is 11.6. The molecule has 4 nitrogen and oxygen atoms in total. The lowest BCUT2D eigenvalue weighted by Crippen LogP contribution is -2.49. The summed E-state index contributed by atoms with van der Waals surface area (Å²) in [6.45, 7) is 7.67. The summed E-state index contributed by atoms with van der Waals surface area (Å²) in [6, 6.07) is 0. The van der Waals surface area contributed by atoms with Gasteiger partial charge in [0, 0.05) is 25.6 Å². The van der Waals surface area contributed by atoms with Gasteiger partial charge in [-0.1, -0.05) is 6.92 Å². The average molecular weight is 254 g/mol. The van der Waals surface area contributed by atoms with E-state index < -0.39 is 0 Å². The van der Waals surface area contributed by atoms with Crippen molar-refractivity contribution in [3.8, 4) is 0 Å². The fourth-order valence-corrected chi connectivity index (χ4v) is 3.06. The van der Waals surface area contributed by atoms with Gasteiger partial charge in [-0.2, -0.15) is 0 Å². The van der Waals surface area contributed by atoms with Crippen molar-refractivity contribution >= 4 is 5.91 Å². The largest absolute Gasteiger partial charge is 0.378 e. The smallest absolute Gasteiger partial charge is 0.227 e. The second kappa shape index (κ2) is 6.02. The number of carbonyl (C=O) groups is 1. The summed E-state index contributed by atoms with van der Waals surface area (Å²) < 4.78 is 5.65. The molecule has 0 saturated carbocycles. The molecule has 1 amide bonds. The van der Waals surface area contributed by atoms with Crippen LogP contribution in [-0.2, 0) is 9.53 Å². The minimum atomic E-state index is -0.223. The van der Waals surface area contributed by atoms with Crippen molar-refractivity contribution in [2.75, 3.05) is 26.2 Å². The van der Waals surface area contributed by atoms with E-state index in [2.05, 4.69) is 24.5 Å². The quantitative estimate of drug-likeness (QED) is 0.795. The molecule has 4 heteroatoms. The molecule has 0 spiro atoms. The maximum atomic E-state index is 12.3. The van der Waals surface area contributed by atoms with E-state index in [1.165, 1.54) is 0 Å². The third kappa shape index (κ3) is 3.04. The standard InChI is InChI=1S/C14H26N2O2/c1-3-12-11(5-8-18-12)9-16-13(17)14(2)6-4-7-15-10-14/h11-12,15H,3-10H2,1-2H3,(H,16,17). The third-order valence-corrected chi connectivity index (χ3v) is 4.42. The van der Waals surface area contributed by atoms with Crippen LogP contribution in [0.4, 0.5) is 0 Å². The van der Waals surface area contributed by atoms with Gasteiger partial charge in [0.1, 0.15) is 0 Å². The Labute approximate surface area is 110 Å². The van der Waals surface area contributed by atoms with Gasteiger partial charge in [-0.15, -0.1) is 0 Å². The molecule has 2 N–H and O–H groups in total. The van der Waals surface area contributed by atoms with E-state index >= 15 is 0 Å². The molecule has 0 radical (unpaired) electrons. The highest BCUT2D eigenvalue weighted by Crippen LogP contribution is 2.27. The maximum Gasteiger partial charge on any atom is 0.227 e. The van der Waals surface area contributed by atoms with E-state index in [1.54, 1.807) is 0 Å². The lowest BCUT2D eigenvalue weighted by atomic mass is 9.81. The van der Waals surface area contributed by atoms with E-state index in [1.807, 2.05) is 0 Å². The van der Waals surface area contributed by atoms with Gasteiger partial charge in [-0.25, -0.2) is 0 Å². The van der Waals surface area contributed by atoms with Crippen molar-refractivity contribution in [1.82, 2.24) is 10.6 Å². The number of hydrogen-bond acceptors (Lipinski definition) is 3. The van der Waals surface area contributed by atoms with E-state index in [0.717, 1.165) is 51.9 Å². The van der Waals surface area contributed by atoms with Crippen LogP contribution in [0.3, 0.4) is 0 Å². The molecular formula is C14H26N2O2.